The molecule has 0 aliphatic carbocycles. The van der Waals surface area contributed by atoms with Crippen LogP contribution in [-0.2, 0) is 6.54 Å². The Morgan fingerprint density at radius 3 is 2.61 bits per heavy atom. The van der Waals surface area contributed by atoms with E-state index in [1.165, 1.54) is 10.4 Å². The van der Waals surface area contributed by atoms with E-state index in [1.807, 2.05) is 24.6 Å². The standard InChI is InChI=1S/C14H18N2OS/c1-10(12-4-6-13(17-3)7-5-12)15-8-14-11(2)16-9-18-14/h4-7,9-10,15H,8H2,1-3H3. The second-order valence-electron chi connectivity index (χ2n) is 4.24. The molecule has 1 atom stereocenters. The highest BCUT2D eigenvalue weighted by Crippen LogP contribution is 2.19. The molecule has 2 rings (SSSR count). The number of methoxy groups -OCH3 is 1. The molecule has 1 aromatic heterocycles. The molecule has 2 aromatic rings. The molecule has 1 aromatic carbocycles. The van der Waals surface area contributed by atoms with E-state index in [-0.39, 0.29) is 0 Å². The second kappa shape index (κ2) is 5.98. The third-order valence-corrected chi connectivity index (χ3v) is 3.96. The molecule has 0 aliphatic rings. The Morgan fingerprint density at radius 1 is 1.33 bits per heavy atom. The number of hydrogen-bond acceptors (Lipinski definition) is 4. The number of ether oxygens (including phenoxy) is 1. The molecule has 0 fully saturated rings. The van der Waals surface area contributed by atoms with Crippen LogP contribution in [0.2, 0.25) is 0 Å². The third kappa shape index (κ3) is 3.09. The SMILES string of the molecule is COc1ccc(C(C)NCc2scnc2C)cc1. The topological polar surface area (TPSA) is 34.1 Å². The highest BCUT2D eigenvalue weighted by Gasteiger charge is 2.07. The van der Waals surface area contributed by atoms with Crippen LogP contribution in [0.5, 0.6) is 5.75 Å². The highest BCUT2D eigenvalue weighted by atomic mass is 32.1. The highest BCUT2D eigenvalue weighted by molar-refractivity contribution is 7.09. The number of nitrogens with one attached hydrogen (secondary N) is 1. The predicted molar refractivity (Wildman–Crippen MR) is 75.1 cm³/mol. The number of benzene rings is 1. The molecule has 0 spiro atoms. The molecule has 1 heterocycles. The average Bonchev–Trinajstić information content (AvgIpc) is 2.81. The Bertz CT molecular complexity index is 493. The lowest BCUT2D eigenvalue weighted by atomic mass is 10.1. The van der Waals surface area contributed by atoms with Crippen molar-refractivity contribution >= 4 is 11.3 Å². The Balaban J connectivity index is 1.94. The molecule has 0 saturated heterocycles. The van der Waals surface area contributed by atoms with Gasteiger partial charge in [0.15, 0.2) is 0 Å². The van der Waals surface area contributed by atoms with Gasteiger partial charge in [-0.25, -0.2) is 4.98 Å². The lowest BCUT2D eigenvalue weighted by Gasteiger charge is -2.14. The van der Waals surface area contributed by atoms with Crippen LogP contribution in [-0.4, -0.2) is 12.1 Å². The molecule has 4 heteroatoms. The summed E-state index contributed by atoms with van der Waals surface area (Å²) in [5.74, 6) is 0.893. The fraction of sp³-hybridized carbons (Fsp3) is 0.357. The predicted octanol–water partition coefficient (Wildman–Crippen LogP) is 3.31. The van der Waals surface area contributed by atoms with Gasteiger partial charge in [0.25, 0.3) is 0 Å². The molecular weight excluding hydrogens is 244 g/mol. The lowest BCUT2D eigenvalue weighted by Crippen LogP contribution is -2.17. The first-order chi connectivity index (χ1) is 8.70. The second-order valence-corrected chi connectivity index (χ2v) is 5.18. The van der Waals surface area contributed by atoms with Crippen LogP contribution in [0.4, 0.5) is 0 Å². The molecule has 3 nitrogen and oxygen atoms in total. The van der Waals surface area contributed by atoms with Gasteiger partial charge in [0.05, 0.1) is 18.3 Å². The summed E-state index contributed by atoms with van der Waals surface area (Å²) in [4.78, 5) is 5.55. The molecule has 1 unspecified atom stereocenters. The molecule has 0 bridgehead atoms. The summed E-state index contributed by atoms with van der Waals surface area (Å²) in [5, 5.41) is 3.51. The van der Waals surface area contributed by atoms with Crippen LogP contribution in [0.25, 0.3) is 0 Å². The van der Waals surface area contributed by atoms with Gasteiger partial charge < -0.3 is 10.1 Å². The van der Waals surface area contributed by atoms with Crippen molar-refractivity contribution in [1.29, 1.82) is 0 Å². The van der Waals surface area contributed by atoms with Crippen molar-refractivity contribution in [3.8, 4) is 5.75 Å². The van der Waals surface area contributed by atoms with Gasteiger partial charge in [-0.05, 0) is 31.5 Å². The zero-order valence-corrected chi connectivity index (χ0v) is 11.8. The van der Waals surface area contributed by atoms with E-state index in [0.29, 0.717) is 6.04 Å². The van der Waals surface area contributed by atoms with Crippen molar-refractivity contribution in [2.75, 3.05) is 7.11 Å². The van der Waals surface area contributed by atoms with Gasteiger partial charge in [0.2, 0.25) is 0 Å². The first-order valence-electron chi connectivity index (χ1n) is 5.97. The maximum absolute atomic E-state index is 5.16. The van der Waals surface area contributed by atoms with E-state index >= 15 is 0 Å². The number of aryl methyl sites for hydroxylation is 1. The molecule has 1 N–H and O–H groups in total. The van der Waals surface area contributed by atoms with Crippen LogP contribution >= 0.6 is 11.3 Å². The van der Waals surface area contributed by atoms with E-state index in [4.69, 9.17) is 4.74 Å². The monoisotopic (exact) mass is 262 g/mol. The Labute approximate surface area is 112 Å². The Morgan fingerprint density at radius 2 is 2.06 bits per heavy atom. The minimum absolute atomic E-state index is 0.317. The fourth-order valence-corrected chi connectivity index (χ4v) is 2.48. The van der Waals surface area contributed by atoms with E-state index in [1.54, 1.807) is 18.4 Å². The van der Waals surface area contributed by atoms with Crippen molar-refractivity contribution in [1.82, 2.24) is 10.3 Å². The largest absolute Gasteiger partial charge is 0.497 e. The number of rotatable bonds is 5. The van der Waals surface area contributed by atoms with Crippen molar-refractivity contribution in [2.45, 2.75) is 26.4 Å². The summed E-state index contributed by atoms with van der Waals surface area (Å²) in [5.41, 5.74) is 4.28. The summed E-state index contributed by atoms with van der Waals surface area (Å²) in [6, 6.07) is 8.49. The molecular formula is C14H18N2OS. The molecule has 18 heavy (non-hydrogen) atoms. The van der Waals surface area contributed by atoms with Crippen LogP contribution in [0, 0.1) is 6.92 Å². The molecule has 96 valence electrons. The quantitative estimate of drug-likeness (QED) is 0.897. The number of hydrogen-bond donors (Lipinski definition) is 1. The lowest BCUT2D eigenvalue weighted by molar-refractivity contribution is 0.414. The molecule has 0 amide bonds. The van der Waals surface area contributed by atoms with Gasteiger partial charge in [-0.1, -0.05) is 12.1 Å². The fourth-order valence-electron chi connectivity index (χ4n) is 1.75. The number of nitrogens with zero attached hydrogens (tertiary/aromatic N) is 1. The van der Waals surface area contributed by atoms with Crippen LogP contribution in [0.1, 0.15) is 29.1 Å². The van der Waals surface area contributed by atoms with Gasteiger partial charge in [0, 0.05) is 17.5 Å². The Hall–Kier alpha value is -1.39. The zero-order valence-electron chi connectivity index (χ0n) is 10.9. The van der Waals surface area contributed by atoms with Crippen molar-refractivity contribution in [3.63, 3.8) is 0 Å². The van der Waals surface area contributed by atoms with Gasteiger partial charge in [-0.3, -0.25) is 0 Å². The molecule has 0 radical (unpaired) electrons. The van der Waals surface area contributed by atoms with Gasteiger partial charge >= 0.3 is 0 Å². The van der Waals surface area contributed by atoms with Gasteiger partial charge in [-0.2, -0.15) is 0 Å². The molecule has 0 aliphatic heterocycles. The maximum atomic E-state index is 5.16. The molecule has 0 saturated carbocycles. The smallest absolute Gasteiger partial charge is 0.118 e. The summed E-state index contributed by atoms with van der Waals surface area (Å²) >= 11 is 1.70. The van der Waals surface area contributed by atoms with E-state index in [0.717, 1.165) is 18.0 Å². The van der Waals surface area contributed by atoms with Gasteiger partial charge in [0.1, 0.15) is 5.75 Å². The van der Waals surface area contributed by atoms with Crippen molar-refractivity contribution in [3.05, 3.63) is 45.9 Å². The summed E-state index contributed by atoms with van der Waals surface area (Å²) in [7, 11) is 1.68. The number of aromatic nitrogens is 1. The first-order valence-corrected chi connectivity index (χ1v) is 6.85. The zero-order chi connectivity index (χ0) is 13.0. The first kappa shape index (κ1) is 13.1. The summed E-state index contributed by atoms with van der Waals surface area (Å²) < 4.78 is 5.16. The van der Waals surface area contributed by atoms with E-state index in [9.17, 15) is 0 Å². The third-order valence-electron chi connectivity index (χ3n) is 3.03. The van der Waals surface area contributed by atoms with E-state index < -0.39 is 0 Å². The maximum Gasteiger partial charge on any atom is 0.118 e. The van der Waals surface area contributed by atoms with Crippen molar-refractivity contribution in [2.24, 2.45) is 0 Å². The van der Waals surface area contributed by atoms with Crippen LogP contribution < -0.4 is 10.1 Å². The minimum Gasteiger partial charge on any atom is -0.497 e. The minimum atomic E-state index is 0.317. The van der Waals surface area contributed by atoms with Gasteiger partial charge in [-0.15, -0.1) is 11.3 Å². The van der Waals surface area contributed by atoms with Crippen LogP contribution in [0.3, 0.4) is 0 Å². The summed E-state index contributed by atoms with van der Waals surface area (Å²) in [6.45, 7) is 5.08. The van der Waals surface area contributed by atoms with Crippen molar-refractivity contribution < 1.29 is 4.74 Å². The number of thiazole rings is 1. The van der Waals surface area contributed by atoms with E-state index in [2.05, 4.69) is 29.4 Å². The normalized spacial score (nSPS) is 12.4. The Kier molecular flexibility index (Phi) is 4.33. The summed E-state index contributed by atoms with van der Waals surface area (Å²) in [6.07, 6.45) is 0. The van der Waals surface area contributed by atoms with Crippen LogP contribution in [0.15, 0.2) is 29.8 Å². The average molecular weight is 262 g/mol.